The van der Waals surface area contributed by atoms with Gasteiger partial charge in [-0.3, -0.25) is 0 Å². The molecule has 1 N–H and O–H groups in total. The normalized spacial score (nSPS) is 33.5. The van der Waals surface area contributed by atoms with Crippen molar-refractivity contribution >= 4 is 0 Å². The largest absolute Gasteiger partial charge is 0.314 e. The first-order chi connectivity index (χ1) is 10.3. The van der Waals surface area contributed by atoms with Crippen LogP contribution < -0.4 is 5.32 Å². The Morgan fingerprint density at radius 1 is 1.10 bits per heavy atom. The van der Waals surface area contributed by atoms with Crippen LogP contribution in [0, 0.1) is 5.92 Å². The molecule has 21 heavy (non-hydrogen) atoms. The Labute approximate surface area is 127 Å². The zero-order chi connectivity index (χ0) is 14.2. The first kappa shape index (κ1) is 13.7. The van der Waals surface area contributed by atoms with Gasteiger partial charge in [0.1, 0.15) is 11.6 Å². The van der Waals surface area contributed by atoms with Crippen LogP contribution in [0.25, 0.3) is 0 Å². The monoisotopic (exact) mass is 289 g/mol. The van der Waals surface area contributed by atoms with Gasteiger partial charge in [-0.15, -0.1) is 10.2 Å². The third kappa shape index (κ3) is 2.61. The Morgan fingerprint density at radius 2 is 1.95 bits per heavy atom. The van der Waals surface area contributed by atoms with E-state index in [-0.39, 0.29) is 0 Å². The van der Waals surface area contributed by atoms with Crippen molar-refractivity contribution in [3.63, 3.8) is 0 Å². The Morgan fingerprint density at radius 3 is 2.71 bits per heavy atom. The molecule has 4 aliphatic rings. The van der Waals surface area contributed by atoms with Crippen LogP contribution in [0.5, 0.6) is 0 Å². The Hall–Kier alpha value is -0.940. The summed E-state index contributed by atoms with van der Waals surface area (Å²) in [7, 11) is 0. The molecule has 0 amide bonds. The molecule has 5 heteroatoms. The fourth-order valence-corrected chi connectivity index (χ4v) is 4.38. The smallest absolute Gasteiger partial charge is 0.149 e. The second-order valence-corrected chi connectivity index (χ2v) is 7.07. The Kier molecular flexibility index (Phi) is 3.71. The fraction of sp³-hybridized carbons (Fsp3) is 0.875. The zero-order valence-corrected chi connectivity index (χ0v) is 13.1. The number of fused-ring (bicyclic) bond motifs is 4. The molecule has 1 aromatic rings. The van der Waals surface area contributed by atoms with Crippen molar-refractivity contribution in [2.75, 3.05) is 19.6 Å². The van der Waals surface area contributed by atoms with Crippen LogP contribution in [-0.2, 0) is 13.0 Å². The van der Waals surface area contributed by atoms with Gasteiger partial charge in [0.2, 0.25) is 0 Å². The van der Waals surface area contributed by atoms with E-state index in [9.17, 15) is 0 Å². The van der Waals surface area contributed by atoms with Crippen LogP contribution >= 0.6 is 0 Å². The van der Waals surface area contributed by atoms with Crippen LogP contribution in [0.2, 0.25) is 0 Å². The van der Waals surface area contributed by atoms with Gasteiger partial charge in [0.25, 0.3) is 0 Å². The number of nitrogens with zero attached hydrogens (tertiary/aromatic N) is 4. The molecule has 0 saturated carbocycles. The van der Waals surface area contributed by atoms with Crippen molar-refractivity contribution in [3.8, 4) is 0 Å². The molecule has 116 valence electrons. The van der Waals surface area contributed by atoms with Gasteiger partial charge in [-0.25, -0.2) is 0 Å². The van der Waals surface area contributed by atoms with Crippen LogP contribution in [0.1, 0.15) is 56.7 Å². The van der Waals surface area contributed by atoms with E-state index < -0.39 is 0 Å². The second-order valence-electron chi connectivity index (χ2n) is 7.07. The number of hydrogen-bond acceptors (Lipinski definition) is 4. The van der Waals surface area contributed by atoms with Gasteiger partial charge in [-0.1, -0.05) is 6.42 Å². The average Bonchev–Trinajstić information content (AvgIpc) is 2.78. The van der Waals surface area contributed by atoms with E-state index in [0.29, 0.717) is 12.1 Å². The molecule has 5 nitrogen and oxygen atoms in total. The third-order valence-corrected chi connectivity index (χ3v) is 5.65. The van der Waals surface area contributed by atoms with Gasteiger partial charge < -0.3 is 14.8 Å². The molecule has 5 heterocycles. The highest BCUT2D eigenvalue weighted by Crippen LogP contribution is 2.29. The first-order valence-electron chi connectivity index (χ1n) is 8.71. The lowest BCUT2D eigenvalue weighted by atomic mass is 9.83. The lowest BCUT2D eigenvalue weighted by molar-refractivity contribution is 0.0672. The molecule has 1 aromatic heterocycles. The molecule has 0 aromatic carbocycles. The molecule has 3 fully saturated rings. The number of hydrogen-bond donors (Lipinski definition) is 1. The molecule has 0 aliphatic carbocycles. The maximum Gasteiger partial charge on any atom is 0.149 e. The maximum atomic E-state index is 4.50. The molecule has 0 spiro atoms. The predicted octanol–water partition coefficient (Wildman–Crippen LogP) is 1.75. The van der Waals surface area contributed by atoms with Gasteiger partial charge >= 0.3 is 0 Å². The standard InChI is InChI=1S/C16H27N5/c1-12(17-14-11-20-9-6-13(14)7-10-20)16-19-18-15-5-3-2-4-8-21(15)16/h12-14,17H,2-11H2,1H3. The molecule has 4 aliphatic heterocycles. The van der Waals surface area contributed by atoms with Gasteiger partial charge in [-0.05, 0) is 51.6 Å². The molecule has 5 rings (SSSR count). The number of aryl methyl sites for hydroxylation is 1. The summed E-state index contributed by atoms with van der Waals surface area (Å²) < 4.78 is 2.38. The van der Waals surface area contributed by atoms with Crippen LogP contribution in [0.4, 0.5) is 0 Å². The van der Waals surface area contributed by atoms with Crippen LogP contribution in [0.3, 0.4) is 0 Å². The molecule has 3 saturated heterocycles. The average molecular weight is 289 g/mol. The van der Waals surface area contributed by atoms with Crippen molar-refractivity contribution < 1.29 is 0 Å². The summed E-state index contributed by atoms with van der Waals surface area (Å²) in [5.41, 5.74) is 0. The zero-order valence-electron chi connectivity index (χ0n) is 13.1. The second kappa shape index (κ2) is 5.69. The summed E-state index contributed by atoms with van der Waals surface area (Å²) in [6.07, 6.45) is 7.68. The maximum absolute atomic E-state index is 4.50. The minimum atomic E-state index is 0.315. The lowest BCUT2D eigenvalue weighted by Gasteiger charge is -2.45. The molecule has 2 unspecified atom stereocenters. The quantitative estimate of drug-likeness (QED) is 0.921. The Balaban J connectivity index is 1.48. The summed E-state index contributed by atoms with van der Waals surface area (Å²) in [6, 6.07) is 0.955. The highest BCUT2D eigenvalue weighted by molar-refractivity contribution is 5.03. The summed E-state index contributed by atoms with van der Waals surface area (Å²) in [4.78, 5) is 2.61. The van der Waals surface area contributed by atoms with E-state index in [4.69, 9.17) is 0 Å². The third-order valence-electron chi connectivity index (χ3n) is 5.65. The number of rotatable bonds is 3. The minimum Gasteiger partial charge on any atom is -0.314 e. The summed E-state index contributed by atoms with van der Waals surface area (Å²) in [5.74, 6) is 3.22. The summed E-state index contributed by atoms with van der Waals surface area (Å²) in [5, 5.41) is 12.8. The highest BCUT2D eigenvalue weighted by atomic mass is 15.3. The highest BCUT2D eigenvalue weighted by Gasteiger charge is 2.35. The topological polar surface area (TPSA) is 46.0 Å². The van der Waals surface area contributed by atoms with Crippen LogP contribution in [0.15, 0.2) is 0 Å². The van der Waals surface area contributed by atoms with Crippen molar-refractivity contribution in [2.45, 2.75) is 64.1 Å². The van der Waals surface area contributed by atoms with Gasteiger partial charge in [-0.2, -0.15) is 0 Å². The Bertz CT molecular complexity index is 489. The molecular formula is C16H27N5. The molecule has 2 bridgehead atoms. The summed E-state index contributed by atoms with van der Waals surface area (Å²) in [6.45, 7) is 7.19. The van der Waals surface area contributed by atoms with Crippen LogP contribution in [-0.4, -0.2) is 45.3 Å². The number of piperidine rings is 3. The van der Waals surface area contributed by atoms with Crippen molar-refractivity contribution in [3.05, 3.63) is 11.6 Å². The van der Waals surface area contributed by atoms with E-state index in [2.05, 4.69) is 31.9 Å². The molecular weight excluding hydrogens is 262 g/mol. The van der Waals surface area contributed by atoms with E-state index in [1.54, 1.807) is 0 Å². The predicted molar refractivity (Wildman–Crippen MR) is 82.1 cm³/mol. The minimum absolute atomic E-state index is 0.315. The van der Waals surface area contributed by atoms with Gasteiger partial charge in [0.15, 0.2) is 0 Å². The van der Waals surface area contributed by atoms with E-state index in [1.807, 2.05) is 0 Å². The first-order valence-corrected chi connectivity index (χ1v) is 8.71. The number of nitrogens with one attached hydrogen (secondary N) is 1. The lowest BCUT2D eigenvalue weighted by Crippen LogP contribution is -2.56. The van der Waals surface area contributed by atoms with E-state index in [0.717, 1.165) is 24.7 Å². The van der Waals surface area contributed by atoms with Gasteiger partial charge in [0, 0.05) is 25.6 Å². The molecule has 2 atom stereocenters. The fourth-order valence-electron chi connectivity index (χ4n) is 4.38. The van der Waals surface area contributed by atoms with Crippen molar-refractivity contribution in [2.24, 2.45) is 5.92 Å². The van der Waals surface area contributed by atoms with Crippen molar-refractivity contribution in [1.82, 2.24) is 25.0 Å². The van der Waals surface area contributed by atoms with E-state index in [1.165, 1.54) is 57.6 Å². The SMILES string of the molecule is CC(NC1CN2CCC1CC2)c1nnc2n1CCCCC2. The van der Waals surface area contributed by atoms with Gasteiger partial charge in [0.05, 0.1) is 6.04 Å². The van der Waals surface area contributed by atoms with E-state index >= 15 is 0 Å². The van der Waals surface area contributed by atoms with Crippen molar-refractivity contribution in [1.29, 1.82) is 0 Å². The molecule has 0 radical (unpaired) electrons. The number of aromatic nitrogens is 3. The summed E-state index contributed by atoms with van der Waals surface area (Å²) >= 11 is 0.